The number of nitrogens with zero attached hydrogens (tertiary/aromatic N) is 4. The topological polar surface area (TPSA) is 45.5 Å². The van der Waals surface area contributed by atoms with Crippen LogP contribution < -0.4 is 5.32 Å². The number of hydrogen-bond donors (Lipinski definition) is 1. The molecule has 27 heavy (non-hydrogen) atoms. The Morgan fingerprint density at radius 2 is 2.04 bits per heavy atom. The Balaban J connectivity index is 1.36. The molecule has 0 bridgehead atoms. The van der Waals surface area contributed by atoms with Crippen molar-refractivity contribution < 1.29 is 4.39 Å². The van der Waals surface area contributed by atoms with Crippen LogP contribution >= 0.6 is 0 Å². The van der Waals surface area contributed by atoms with Crippen LogP contribution in [-0.4, -0.2) is 46.8 Å². The average Bonchev–Trinajstić information content (AvgIpc) is 3.29. The molecule has 144 valence electrons. The monoisotopic (exact) mass is 369 g/mol. The van der Waals surface area contributed by atoms with Crippen LogP contribution in [0.5, 0.6) is 0 Å². The Hall–Kier alpha value is -2.37. The second-order valence-electron chi connectivity index (χ2n) is 7.74. The molecule has 2 fully saturated rings. The molecule has 1 spiro atoms. The first-order valence-corrected chi connectivity index (χ1v) is 10.0. The second kappa shape index (κ2) is 7.71. The predicted octanol–water partition coefficient (Wildman–Crippen LogP) is 3.40. The van der Waals surface area contributed by atoms with Gasteiger partial charge in [0.2, 0.25) is 0 Å². The maximum atomic E-state index is 13.1. The summed E-state index contributed by atoms with van der Waals surface area (Å²) in [5, 5.41) is 8.03. The van der Waals surface area contributed by atoms with Crippen molar-refractivity contribution in [1.29, 1.82) is 0 Å². The van der Waals surface area contributed by atoms with E-state index >= 15 is 0 Å². The maximum Gasteiger partial charge on any atom is 0.193 e. The van der Waals surface area contributed by atoms with Gasteiger partial charge in [0, 0.05) is 38.8 Å². The highest BCUT2D eigenvalue weighted by atomic mass is 19.1. The molecule has 1 N–H and O–H groups in total. The van der Waals surface area contributed by atoms with E-state index in [0.29, 0.717) is 12.0 Å². The van der Waals surface area contributed by atoms with Crippen LogP contribution in [-0.2, 0) is 6.42 Å². The second-order valence-corrected chi connectivity index (χ2v) is 7.74. The van der Waals surface area contributed by atoms with Crippen molar-refractivity contribution in [2.45, 2.75) is 39.0 Å². The molecule has 1 aliphatic heterocycles. The van der Waals surface area contributed by atoms with Crippen molar-refractivity contribution in [3.63, 3.8) is 0 Å². The molecule has 6 heteroatoms. The van der Waals surface area contributed by atoms with Crippen LogP contribution in [0.15, 0.2) is 41.5 Å². The third-order valence-corrected chi connectivity index (χ3v) is 5.85. The standard InChI is InChI=1S/C21H28FN5/c1-2-23-20(26-15-12-21(16-26)10-3-11-21)24-13-8-18-9-14-27(25-18)19-6-4-17(22)5-7-19/h4-7,9,14H,2-3,8,10-13,15-16H2,1H3,(H,23,24). The van der Waals surface area contributed by atoms with E-state index in [1.54, 1.807) is 16.8 Å². The molecule has 1 saturated carbocycles. The van der Waals surface area contributed by atoms with Gasteiger partial charge >= 0.3 is 0 Å². The number of guanidine groups is 1. The van der Waals surface area contributed by atoms with Gasteiger partial charge in [-0.05, 0) is 61.9 Å². The number of likely N-dealkylation sites (tertiary alicyclic amines) is 1. The highest BCUT2D eigenvalue weighted by Crippen LogP contribution is 2.47. The van der Waals surface area contributed by atoms with Gasteiger partial charge in [-0.1, -0.05) is 6.42 Å². The molecular weight excluding hydrogens is 341 g/mol. The minimum atomic E-state index is -0.234. The normalized spacial score (nSPS) is 18.7. The Kier molecular flexibility index (Phi) is 5.14. The van der Waals surface area contributed by atoms with Crippen molar-refractivity contribution in [1.82, 2.24) is 20.0 Å². The van der Waals surface area contributed by atoms with E-state index < -0.39 is 0 Å². The van der Waals surface area contributed by atoms with Crippen molar-refractivity contribution in [3.8, 4) is 5.69 Å². The van der Waals surface area contributed by atoms with E-state index in [-0.39, 0.29) is 5.82 Å². The van der Waals surface area contributed by atoms with Gasteiger partial charge in [-0.3, -0.25) is 4.99 Å². The molecule has 5 nitrogen and oxygen atoms in total. The summed E-state index contributed by atoms with van der Waals surface area (Å²) in [6, 6.07) is 8.38. The Bertz CT molecular complexity index is 791. The fourth-order valence-electron chi connectivity index (χ4n) is 4.14. The van der Waals surface area contributed by atoms with E-state index in [9.17, 15) is 4.39 Å². The van der Waals surface area contributed by atoms with Crippen LogP contribution in [0.2, 0.25) is 0 Å². The zero-order chi connectivity index (χ0) is 18.7. The highest BCUT2D eigenvalue weighted by molar-refractivity contribution is 5.80. The molecule has 1 aromatic carbocycles. The van der Waals surface area contributed by atoms with E-state index in [4.69, 9.17) is 4.99 Å². The summed E-state index contributed by atoms with van der Waals surface area (Å²) in [6.45, 7) is 5.99. The van der Waals surface area contributed by atoms with Crippen molar-refractivity contribution in [2.75, 3.05) is 26.2 Å². The molecule has 2 aliphatic rings. The summed E-state index contributed by atoms with van der Waals surface area (Å²) in [6.07, 6.45) is 8.16. The van der Waals surface area contributed by atoms with Crippen LogP contribution in [0.3, 0.4) is 0 Å². The fraction of sp³-hybridized carbons (Fsp3) is 0.524. The van der Waals surface area contributed by atoms with Crippen LogP contribution in [0.25, 0.3) is 5.69 Å². The number of hydrogen-bond acceptors (Lipinski definition) is 2. The van der Waals surface area contributed by atoms with Crippen molar-refractivity contribution in [3.05, 3.63) is 48.0 Å². The van der Waals surface area contributed by atoms with Gasteiger partial charge in [-0.2, -0.15) is 5.10 Å². The van der Waals surface area contributed by atoms with Crippen molar-refractivity contribution in [2.24, 2.45) is 10.4 Å². The zero-order valence-electron chi connectivity index (χ0n) is 16.0. The van der Waals surface area contributed by atoms with Crippen LogP contribution in [0, 0.1) is 11.2 Å². The molecule has 0 atom stereocenters. The molecule has 0 unspecified atom stereocenters. The summed E-state index contributed by atoms with van der Waals surface area (Å²) >= 11 is 0. The molecular formula is C21H28FN5. The number of rotatable bonds is 5. The molecule has 0 amide bonds. The van der Waals surface area contributed by atoms with E-state index in [2.05, 4.69) is 22.2 Å². The lowest BCUT2D eigenvalue weighted by Gasteiger charge is -2.38. The Morgan fingerprint density at radius 1 is 1.22 bits per heavy atom. The predicted molar refractivity (Wildman–Crippen MR) is 106 cm³/mol. The lowest BCUT2D eigenvalue weighted by atomic mass is 9.68. The molecule has 4 rings (SSSR count). The molecule has 1 saturated heterocycles. The van der Waals surface area contributed by atoms with Gasteiger partial charge in [0.1, 0.15) is 5.82 Å². The van der Waals surface area contributed by atoms with E-state index in [1.165, 1.54) is 37.8 Å². The van der Waals surface area contributed by atoms with E-state index in [1.807, 2.05) is 12.3 Å². The van der Waals surface area contributed by atoms with Crippen LogP contribution in [0.1, 0.15) is 38.3 Å². The Labute approximate surface area is 160 Å². The number of halogens is 1. The molecule has 0 radical (unpaired) electrons. The number of aromatic nitrogens is 2. The smallest absolute Gasteiger partial charge is 0.193 e. The van der Waals surface area contributed by atoms with Gasteiger partial charge in [0.25, 0.3) is 0 Å². The molecule has 1 aliphatic carbocycles. The summed E-state index contributed by atoms with van der Waals surface area (Å²) in [5.41, 5.74) is 2.43. The first kappa shape index (κ1) is 18.0. The minimum Gasteiger partial charge on any atom is -0.357 e. The van der Waals surface area contributed by atoms with E-state index in [0.717, 1.165) is 43.4 Å². The molecule has 2 heterocycles. The summed E-state index contributed by atoms with van der Waals surface area (Å²) in [4.78, 5) is 7.27. The minimum absolute atomic E-state index is 0.234. The largest absolute Gasteiger partial charge is 0.357 e. The number of benzene rings is 1. The lowest BCUT2D eigenvalue weighted by molar-refractivity contribution is 0.151. The third kappa shape index (κ3) is 3.99. The van der Waals surface area contributed by atoms with Crippen LogP contribution in [0.4, 0.5) is 4.39 Å². The zero-order valence-corrected chi connectivity index (χ0v) is 16.0. The summed E-state index contributed by atoms with van der Waals surface area (Å²) in [7, 11) is 0. The number of aliphatic imine (C=N–C) groups is 1. The summed E-state index contributed by atoms with van der Waals surface area (Å²) in [5.74, 6) is 0.807. The van der Waals surface area contributed by atoms with Gasteiger partial charge < -0.3 is 10.2 Å². The molecule has 2 aromatic rings. The third-order valence-electron chi connectivity index (χ3n) is 5.85. The van der Waals surface area contributed by atoms with Gasteiger partial charge in [0.15, 0.2) is 5.96 Å². The Morgan fingerprint density at radius 3 is 2.70 bits per heavy atom. The first-order chi connectivity index (χ1) is 13.2. The van der Waals surface area contributed by atoms with Gasteiger partial charge in [-0.15, -0.1) is 0 Å². The lowest BCUT2D eigenvalue weighted by Crippen LogP contribution is -2.42. The van der Waals surface area contributed by atoms with Gasteiger partial charge in [0.05, 0.1) is 11.4 Å². The quantitative estimate of drug-likeness (QED) is 0.649. The summed E-state index contributed by atoms with van der Waals surface area (Å²) < 4.78 is 14.8. The highest BCUT2D eigenvalue weighted by Gasteiger charge is 2.43. The first-order valence-electron chi connectivity index (χ1n) is 10.0. The van der Waals surface area contributed by atoms with Gasteiger partial charge in [-0.25, -0.2) is 9.07 Å². The number of nitrogens with one attached hydrogen (secondary N) is 1. The van der Waals surface area contributed by atoms with Crippen molar-refractivity contribution >= 4 is 5.96 Å². The fourth-order valence-corrected chi connectivity index (χ4v) is 4.14. The average molecular weight is 369 g/mol. The SMILES string of the molecule is CCNC(=NCCc1ccn(-c2ccc(F)cc2)n1)N1CCC2(CCC2)C1. The maximum absolute atomic E-state index is 13.1. The molecule has 1 aromatic heterocycles.